The minimum atomic E-state index is -3.24. The van der Waals surface area contributed by atoms with Crippen LogP contribution in [0.25, 0.3) is 11.1 Å². The standard InChI is InChI=1S/C18H18FNO2S/c1-12-9-16(13-3-5-14(19)6-4-13)17(10-12)18-8-7-15(11-20-18)23(2,21)22/h3-8,11-12H,9-10H2,1-2H3. The monoisotopic (exact) mass is 331 g/mol. The SMILES string of the molecule is CC1CC(c2ccc(F)cc2)=C(c2ccc(S(C)(=O)=O)cn2)C1. The van der Waals surface area contributed by atoms with Gasteiger partial charge < -0.3 is 0 Å². The molecular weight excluding hydrogens is 313 g/mol. The molecule has 0 radical (unpaired) electrons. The average Bonchev–Trinajstić information content (AvgIpc) is 2.89. The molecule has 1 aliphatic rings. The molecule has 5 heteroatoms. The van der Waals surface area contributed by atoms with Crippen LogP contribution in [0.1, 0.15) is 31.0 Å². The molecule has 1 aliphatic carbocycles. The third-order valence-corrected chi connectivity index (χ3v) is 5.23. The van der Waals surface area contributed by atoms with Gasteiger partial charge >= 0.3 is 0 Å². The van der Waals surface area contributed by atoms with Crippen LogP contribution in [0.15, 0.2) is 47.5 Å². The zero-order valence-electron chi connectivity index (χ0n) is 13.1. The zero-order valence-corrected chi connectivity index (χ0v) is 13.9. The van der Waals surface area contributed by atoms with Crippen LogP contribution in [0.2, 0.25) is 0 Å². The fourth-order valence-corrected chi connectivity index (χ4v) is 3.56. The fourth-order valence-electron chi connectivity index (χ4n) is 3.00. The van der Waals surface area contributed by atoms with E-state index >= 15 is 0 Å². The summed E-state index contributed by atoms with van der Waals surface area (Å²) < 4.78 is 36.2. The van der Waals surface area contributed by atoms with Crippen molar-refractivity contribution in [3.63, 3.8) is 0 Å². The summed E-state index contributed by atoms with van der Waals surface area (Å²) in [5, 5.41) is 0. The van der Waals surface area contributed by atoms with Crippen molar-refractivity contribution >= 4 is 21.0 Å². The molecule has 0 amide bonds. The van der Waals surface area contributed by atoms with Crippen LogP contribution in [0.5, 0.6) is 0 Å². The highest BCUT2D eigenvalue weighted by Crippen LogP contribution is 2.42. The van der Waals surface area contributed by atoms with E-state index in [2.05, 4.69) is 11.9 Å². The van der Waals surface area contributed by atoms with E-state index in [1.54, 1.807) is 24.3 Å². The van der Waals surface area contributed by atoms with Crippen LogP contribution in [0.4, 0.5) is 4.39 Å². The second kappa shape index (κ2) is 5.89. The van der Waals surface area contributed by atoms with Crippen molar-refractivity contribution in [3.05, 3.63) is 59.7 Å². The number of halogens is 1. The first-order chi connectivity index (χ1) is 10.8. The van der Waals surface area contributed by atoms with Crippen molar-refractivity contribution in [2.75, 3.05) is 6.26 Å². The van der Waals surface area contributed by atoms with Gasteiger partial charge in [-0.1, -0.05) is 19.1 Å². The average molecular weight is 331 g/mol. The molecular formula is C18H18FNO2S. The van der Waals surface area contributed by atoms with Gasteiger partial charge in [-0.2, -0.15) is 0 Å². The summed E-state index contributed by atoms with van der Waals surface area (Å²) in [6, 6.07) is 9.84. The van der Waals surface area contributed by atoms with Crippen molar-refractivity contribution in [2.24, 2.45) is 5.92 Å². The number of sulfone groups is 1. The lowest BCUT2D eigenvalue weighted by Gasteiger charge is -2.08. The number of hydrogen-bond donors (Lipinski definition) is 0. The highest BCUT2D eigenvalue weighted by Gasteiger charge is 2.24. The first-order valence-electron chi connectivity index (χ1n) is 7.49. The van der Waals surface area contributed by atoms with E-state index in [9.17, 15) is 12.8 Å². The molecule has 120 valence electrons. The Balaban J connectivity index is 2.04. The smallest absolute Gasteiger partial charge is 0.177 e. The molecule has 3 nitrogen and oxygen atoms in total. The summed E-state index contributed by atoms with van der Waals surface area (Å²) in [4.78, 5) is 4.56. The molecule has 23 heavy (non-hydrogen) atoms. The van der Waals surface area contributed by atoms with E-state index in [1.165, 1.54) is 24.6 Å². The van der Waals surface area contributed by atoms with Gasteiger partial charge in [0.1, 0.15) is 5.82 Å². The number of rotatable bonds is 3. The molecule has 0 fully saturated rings. The van der Waals surface area contributed by atoms with Crippen LogP contribution in [-0.2, 0) is 9.84 Å². The number of allylic oxidation sites excluding steroid dienone is 2. The van der Waals surface area contributed by atoms with Gasteiger partial charge in [-0.3, -0.25) is 4.98 Å². The third kappa shape index (κ3) is 3.34. The van der Waals surface area contributed by atoms with Gasteiger partial charge in [0.05, 0.1) is 10.6 Å². The van der Waals surface area contributed by atoms with Gasteiger partial charge in [0.2, 0.25) is 0 Å². The molecule has 1 unspecified atom stereocenters. The normalized spacial score (nSPS) is 18.5. The van der Waals surface area contributed by atoms with Crippen LogP contribution in [-0.4, -0.2) is 19.7 Å². The van der Waals surface area contributed by atoms with Gasteiger partial charge in [0.15, 0.2) is 9.84 Å². The summed E-state index contributed by atoms with van der Waals surface area (Å²) in [5.74, 6) is 0.235. The second-order valence-electron chi connectivity index (χ2n) is 6.13. The van der Waals surface area contributed by atoms with E-state index in [0.717, 1.165) is 35.2 Å². The first-order valence-corrected chi connectivity index (χ1v) is 9.38. The molecule has 0 saturated carbocycles. The number of pyridine rings is 1. The van der Waals surface area contributed by atoms with Crippen molar-refractivity contribution in [2.45, 2.75) is 24.7 Å². The second-order valence-corrected chi connectivity index (χ2v) is 8.14. The topological polar surface area (TPSA) is 47.0 Å². The van der Waals surface area contributed by atoms with E-state index in [0.29, 0.717) is 5.92 Å². The Labute approximate surface area is 135 Å². The van der Waals surface area contributed by atoms with E-state index in [1.807, 2.05) is 0 Å². The highest BCUT2D eigenvalue weighted by molar-refractivity contribution is 7.90. The lowest BCUT2D eigenvalue weighted by molar-refractivity contribution is 0.601. The Morgan fingerprint density at radius 1 is 1.04 bits per heavy atom. The van der Waals surface area contributed by atoms with Crippen LogP contribution in [0, 0.1) is 11.7 Å². The van der Waals surface area contributed by atoms with Gasteiger partial charge in [-0.25, -0.2) is 12.8 Å². The molecule has 3 rings (SSSR count). The van der Waals surface area contributed by atoms with E-state index in [-0.39, 0.29) is 10.7 Å². The van der Waals surface area contributed by atoms with E-state index < -0.39 is 9.84 Å². The molecule has 0 bridgehead atoms. The third-order valence-electron chi connectivity index (χ3n) is 4.14. The summed E-state index contributed by atoms with van der Waals surface area (Å²) in [5.41, 5.74) is 4.07. The Hall–Kier alpha value is -2.01. The van der Waals surface area contributed by atoms with Crippen LogP contribution >= 0.6 is 0 Å². The van der Waals surface area contributed by atoms with Crippen molar-refractivity contribution in [3.8, 4) is 0 Å². The van der Waals surface area contributed by atoms with Gasteiger partial charge in [-0.15, -0.1) is 0 Å². The first kappa shape index (κ1) is 15.9. The molecule has 0 spiro atoms. The quantitative estimate of drug-likeness (QED) is 0.855. The van der Waals surface area contributed by atoms with Crippen LogP contribution < -0.4 is 0 Å². The Bertz CT molecular complexity index is 853. The molecule has 1 aromatic heterocycles. The van der Waals surface area contributed by atoms with E-state index in [4.69, 9.17) is 0 Å². The molecule has 1 aromatic carbocycles. The Kier molecular flexibility index (Phi) is 4.06. The van der Waals surface area contributed by atoms with Gasteiger partial charge in [0.25, 0.3) is 0 Å². The maximum Gasteiger partial charge on any atom is 0.177 e. The van der Waals surface area contributed by atoms with Crippen molar-refractivity contribution in [1.82, 2.24) is 4.98 Å². The number of benzene rings is 1. The van der Waals surface area contributed by atoms with Gasteiger partial charge in [0, 0.05) is 12.5 Å². The summed E-state index contributed by atoms with van der Waals surface area (Å²) in [6.45, 7) is 2.17. The molecule has 0 N–H and O–H groups in total. The molecule has 1 atom stereocenters. The van der Waals surface area contributed by atoms with Crippen molar-refractivity contribution < 1.29 is 12.8 Å². The Morgan fingerprint density at radius 3 is 2.26 bits per heavy atom. The zero-order chi connectivity index (χ0) is 16.6. The number of nitrogens with zero attached hydrogens (tertiary/aromatic N) is 1. The maximum absolute atomic E-state index is 13.1. The predicted molar refractivity (Wildman–Crippen MR) is 89.0 cm³/mol. The largest absolute Gasteiger partial charge is 0.255 e. The minimum Gasteiger partial charge on any atom is -0.255 e. The number of hydrogen-bond acceptors (Lipinski definition) is 3. The molecule has 1 heterocycles. The van der Waals surface area contributed by atoms with Gasteiger partial charge in [-0.05, 0) is 59.7 Å². The summed E-state index contributed by atoms with van der Waals surface area (Å²) in [7, 11) is -3.24. The molecule has 0 saturated heterocycles. The lowest BCUT2D eigenvalue weighted by Crippen LogP contribution is -1.99. The predicted octanol–water partition coefficient (Wildman–Crippen LogP) is 3.96. The summed E-state index contributed by atoms with van der Waals surface area (Å²) in [6.07, 6.45) is 4.38. The fraction of sp³-hybridized carbons (Fsp3) is 0.278. The Morgan fingerprint density at radius 2 is 1.70 bits per heavy atom. The molecule has 0 aliphatic heterocycles. The maximum atomic E-state index is 13.1. The minimum absolute atomic E-state index is 0.219. The lowest BCUT2D eigenvalue weighted by atomic mass is 10.00. The highest BCUT2D eigenvalue weighted by atomic mass is 32.2. The molecule has 2 aromatic rings. The van der Waals surface area contributed by atoms with Crippen LogP contribution in [0.3, 0.4) is 0 Å². The number of aromatic nitrogens is 1. The summed E-state index contributed by atoms with van der Waals surface area (Å²) >= 11 is 0. The van der Waals surface area contributed by atoms with Crippen molar-refractivity contribution in [1.29, 1.82) is 0 Å².